The van der Waals surface area contributed by atoms with Gasteiger partial charge in [0.15, 0.2) is 0 Å². The lowest BCUT2D eigenvalue weighted by Gasteiger charge is -2.38. The number of pyridine rings is 1. The van der Waals surface area contributed by atoms with Gasteiger partial charge in [-0.1, -0.05) is 35.9 Å². The zero-order chi connectivity index (χ0) is 25.2. The number of hydrogen-bond acceptors (Lipinski definition) is 5. The second-order valence-corrected chi connectivity index (χ2v) is 9.99. The first-order chi connectivity index (χ1) is 17.5. The summed E-state index contributed by atoms with van der Waals surface area (Å²) in [6.07, 6.45) is 8.40. The molecule has 0 spiro atoms. The fourth-order valence-corrected chi connectivity index (χ4v) is 5.40. The van der Waals surface area contributed by atoms with Crippen molar-refractivity contribution in [2.24, 2.45) is 5.73 Å². The van der Waals surface area contributed by atoms with Gasteiger partial charge in [-0.05, 0) is 55.9 Å². The van der Waals surface area contributed by atoms with Crippen LogP contribution in [0.3, 0.4) is 0 Å². The van der Waals surface area contributed by atoms with Gasteiger partial charge in [0.1, 0.15) is 17.1 Å². The number of ether oxygens (including phenoxy) is 2. The van der Waals surface area contributed by atoms with Crippen molar-refractivity contribution in [2.75, 3.05) is 19.1 Å². The van der Waals surface area contributed by atoms with Crippen molar-refractivity contribution in [1.29, 1.82) is 0 Å². The summed E-state index contributed by atoms with van der Waals surface area (Å²) < 4.78 is 13.0. The third kappa shape index (κ3) is 4.88. The molecule has 5 rings (SSSR count). The van der Waals surface area contributed by atoms with Gasteiger partial charge in [-0.3, -0.25) is 0 Å². The summed E-state index contributed by atoms with van der Waals surface area (Å²) in [7, 11) is 3.23. The number of aryl methyl sites for hydroxylation is 1. The molecular formula is C29H33ClN4O2. The van der Waals surface area contributed by atoms with Crippen LogP contribution in [0.25, 0.3) is 16.9 Å². The van der Waals surface area contributed by atoms with Crippen molar-refractivity contribution in [1.82, 2.24) is 9.38 Å². The van der Waals surface area contributed by atoms with Gasteiger partial charge in [-0.15, -0.1) is 0 Å². The molecule has 7 heteroatoms. The number of methoxy groups -OCH3 is 2. The van der Waals surface area contributed by atoms with E-state index in [-0.39, 0.29) is 0 Å². The monoisotopic (exact) mass is 504 g/mol. The quantitative estimate of drug-likeness (QED) is 0.322. The molecule has 1 aliphatic rings. The fraction of sp³-hybridized carbons (Fsp3) is 0.345. The number of halogens is 1. The Morgan fingerprint density at radius 2 is 1.78 bits per heavy atom. The zero-order valence-electron chi connectivity index (χ0n) is 21.1. The van der Waals surface area contributed by atoms with Crippen LogP contribution in [-0.4, -0.2) is 35.7 Å². The summed E-state index contributed by atoms with van der Waals surface area (Å²) in [5.74, 6) is 1.24. The first-order valence-electron chi connectivity index (χ1n) is 12.4. The Kier molecular flexibility index (Phi) is 7.08. The van der Waals surface area contributed by atoms with Gasteiger partial charge in [0.25, 0.3) is 0 Å². The Balaban J connectivity index is 1.53. The number of nitrogens with zero attached hydrogens (tertiary/aromatic N) is 3. The second kappa shape index (κ2) is 10.4. The number of nitrogens with two attached hydrogens (primary N) is 1. The number of fused-ring (bicyclic) bond motifs is 1. The number of rotatable bonds is 7. The molecule has 2 heterocycles. The molecule has 188 valence electrons. The minimum absolute atomic E-state index is 0.310. The van der Waals surface area contributed by atoms with Crippen LogP contribution < -0.4 is 20.1 Å². The average molecular weight is 505 g/mol. The molecule has 0 saturated heterocycles. The number of imidazole rings is 1. The molecule has 1 fully saturated rings. The normalized spacial score (nSPS) is 17.8. The van der Waals surface area contributed by atoms with Gasteiger partial charge in [-0.2, -0.15) is 0 Å². The van der Waals surface area contributed by atoms with Crippen molar-refractivity contribution < 1.29 is 9.47 Å². The largest absolute Gasteiger partial charge is 0.496 e. The number of anilines is 1. The van der Waals surface area contributed by atoms with Gasteiger partial charge >= 0.3 is 0 Å². The highest BCUT2D eigenvalue weighted by atomic mass is 35.5. The van der Waals surface area contributed by atoms with Crippen LogP contribution in [-0.2, 0) is 6.54 Å². The van der Waals surface area contributed by atoms with E-state index in [0.29, 0.717) is 28.6 Å². The second-order valence-electron chi connectivity index (χ2n) is 9.59. The van der Waals surface area contributed by atoms with Crippen molar-refractivity contribution >= 4 is 22.9 Å². The fourth-order valence-electron chi connectivity index (χ4n) is 5.16. The topological polar surface area (TPSA) is 65.0 Å². The summed E-state index contributed by atoms with van der Waals surface area (Å²) in [4.78, 5) is 7.48. The number of benzene rings is 2. The summed E-state index contributed by atoms with van der Waals surface area (Å²) in [6, 6.07) is 17.4. The van der Waals surface area contributed by atoms with Crippen molar-refractivity contribution in [3.63, 3.8) is 0 Å². The van der Waals surface area contributed by atoms with Crippen LogP contribution in [0.15, 0.2) is 60.9 Å². The van der Waals surface area contributed by atoms with Crippen LogP contribution in [0.5, 0.6) is 11.5 Å². The first kappa shape index (κ1) is 24.5. The maximum Gasteiger partial charge on any atom is 0.141 e. The third-order valence-electron chi connectivity index (χ3n) is 7.31. The predicted octanol–water partition coefficient (Wildman–Crippen LogP) is 6.26. The molecule has 0 bridgehead atoms. The van der Waals surface area contributed by atoms with E-state index in [9.17, 15) is 0 Å². The summed E-state index contributed by atoms with van der Waals surface area (Å²) in [5, 5.41) is 0.519. The molecule has 2 N–H and O–H groups in total. The smallest absolute Gasteiger partial charge is 0.141 e. The van der Waals surface area contributed by atoms with E-state index >= 15 is 0 Å². The highest BCUT2D eigenvalue weighted by molar-refractivity contribution is 6.32. The molecule has 2 aromatic carbocycles. The molecule has 0 amide bonds. The van der Waals surface area contributed by atoms with Crippen LogP contribution in [0.1, 0.15) is 36.8 Å². The van der Waals surface area contributed by atoms with Gasteiger partial charge < -0.3 is 24.5 Å². The summed E-state index contributed by atoms with van der Waals surface area (Å²) in [6.45, 7) is 3.04. The Morgan fingerprint density at radius 3 is 2.50 bits per heavy atom. The molecule has 0 aliphatic heterocycles. The van der Waals surface area contributed by atoms with Crippen molar-refractivity contribution in [2.45, 2.75) is 51.2 Å². The molecule has 1 aliphatic carbocycles. The van der Waals surface area contributed by atoms with E-state index < -0.39 is 0 Å². The predicted molar refractivity (Wildman–Crippen MR) is 146 cm³/mol. The number of aromatic nitrogens is 2. The molecule has 1 saturated carbocycles. The van der Waals surface area contributed by atoms with E-state index in [2.05, 4.69) is 54.4 Å². The molecule has 0 atom stereocenters. The molecule has 6 nitrogen and oxygen atoms in total. The highest BCUT2D eigenvalue weighted by Crippen LogP contribution is 2.38. The Bertz CT molecular complexity index is 1360. The van der Waals surface area contributed by atoms with Crippen molar-refractivity contribution in [3.05, 3.63) is 77.1 Å². The Morgan fingerprint density at radius 1 is 1.03 bits per heavy atom. The maximum atomic E-state index is 6.43. The Labute approximate surface area is 217 Å². The Hall–Kier alpha value is -3.22. The molecular weight excluding hydrogens is 472 g/mol. The lowest BCUT2D eigenvalue weighted by molar-refractivity contribution is 0.374. The molecule has 0 unspecified atom stereocenters. The molecule has 4 aromatic rings. The van der Waals surface area contributed by atoms with Gasteiger partial charge in [-0.25, -0.2) is 4.98 Å². The standard InChI is InChI=1S/C29H33ClN4O2/c1-19-6-4-5-7-20(19)17-34(22-10-8-21(31)9-11-22)23-12-13-33-18-26(32-29(33)14-23)24-15-25(30)28(36-3)16-27(24)35-2/h4-7,12-16,18,21-22H,8-11,17,31H2,1-3H3/t21-,22+. The average Bonchev–Trinajstić information content (AvgIpc) is 3.32. The van der Waals surface area contributed by atoms with E-state index in [0.717, 1.165) is 49.1 Å². The van der Waals surface area contributed by atoms with Crippen LogP contribution in [0, 0.1) is 6.92 Å². The van der Waals surface area contributed by atoms with Crippen molar-refractivity contribution in [3.8, 4) is 22.8 Å². The minimum atomic E-state index is 0.310. The third-order valence-corrected chi connectivity index (χ3v) is 7.60. The van der Waals surface area contributed by atoms with E-state index in [1.807, 2.05) is 16.7 Å². The highest BCUT2D eigenvalue weighted by Gasteiger charge is 2.26. The van der Waals surface area contributed by atoms with Crippen LogP contribution in [0.4, 0.5) is 5.69 Å². The molecule has 2 aromatic heterocycles. The number of hydrogen-bond donors (Lipinski definition) is 1. The molecule has 36 heavy (non-hydrogen) atoms. The van der Waals surface area contributed by atoms with E-state index in [4.69, 9.17) is 31.8 Å². The van der Waals surface area contributed by atoms with Gasteiger partial charge in [0.05, 0.1) is 24.9 Å². The lowest BCUT2D eigenvalue weighted by Crippen LogP contribution is -2.40. The van der Waals surface area contributed by atoms with Gasteiger partial charge in [0.2, 0.25) is 0 Å². The zero-order valence-corrected chi connectivity index (χ0v) is 21.8. The van der Waals surface area contributed by atoms with Crippen LogP contribution >= 0.6 is 11.6 Å². The summed E-state index contributed by atoms with van der Waals surface area (Å²) in [5.41, 5.74) is 12.6. The SMILES string of the molecule is COc1cc(OC)c(-c2cn3ccc(N(Cc4ccccc4C)[C@H]4CC[C@@H](N)CC4)cc3n2)cc1Cl. The van der Waals surface area contributed by atoms with Crippen LogP contribution in [0.2, 0.25) is 5.02 Å². The first-order valence-corrected chi connectivity index (χ1v) is 12.8. The molecule has 0 radical (unpaired) electrons. The maximum absolute atomic E-state index is 6.43. The van der Waals surface area contributed by atoms with E-state index in [1.54, 1.807) is 20.3 Å². The lowest BCUT2D eigenvalue weighted by atomic mass is 9.90. The summed E-state index contributed by atoms with van der Waals surface area (Å²) >= 11 is 6.43. The van der Waals surface area contributed by atoms with E-state index in [1.165, 1.54) is 16.8 Å². The van der Waals surface area contributed by atoms with Gasteiger partial charge in [0, 0.05) is 54.4 Å². The minimum Gasteiger partial charge on any atom is -0.496 e.